The van der Waals surface area contributed by atoms with Crippen LogP contribution in [0.4, 0.5) is 11.4 Å². The molecule has 7 heteroatoms. The zero-order valence-electron chi connectivity index (χ0n) is 11.0. The van der Waals surface area contributed by atoms with E-state index in [1.54, 1.807) is 0 Å². The molecule has 0 spiro atoms. The Bertz CT molecular complexity index is 551. The molecular weight excluding hydrogens is 262 g/mol. The summed E-state index contributed by atoms with van der Waals surface area (Å²) < 4.78 is 0. The number of carbonyl (C=O) groups is 1. The first-order valence-corrected chi connectivity index (χ1v) is 6.12. The Morgan fingerprint density at radius 3 is 2.80 bits per heavy atom. The zero-order chi connectivity index (χ0) is 15.1. The van der Waals surface area contributed by atoms with Crippen LogP contribution < -0.4 is 5.32 Å². The molecule has 0 heterocycles. The minimum Gasteiger partial charge on any atom is -0.481 e. The lowest BCUT2D eigenvalue weighted by Gasteiger charge is -2.15. The molecule has 1 aromatic carbocycles. The molecule has 20 heavy (non-hydrogen) atoms. The number of benzene rings is 1. The molecule has 1 atom stereocenters. The molecule has 0 bridgehead atoms. The Labute approximate surface area is 116 Å². The summed E-state index contributed by atoms with van der Waals surface area (Å²) in [4.78, 5) is 20.7. The predicted octanol–water partition coefficient (Wildman–Crippen LogP) is 2.38. The van der Waals surface area contributed by atoms with Crippen molar-refractivity contribution in [3.63, 3.8) is 0 Å². The lowest BCUT2D eigenvalue weighted by Crippen LogP contribution is -2.17. The van der Waals surface area contributed by atoms with Crippen molar-refractivity contribution in [2.24, 2.45) is 5.92 Å². The number of anilines is 1. The van der Waals surface area contributed by atoms with Crippen LogP contribution in [-0.4, -0.2) is 22.5 Å². The minimum atomic E-state index is -0.872. The summed E-state index contributed by atoms with van der Waals surface area (Å²) in [6.07, 6.45) is 0.729. The van der Waals surface area contributed by atoms with Crippen LogP contribution in [0.25, 0.3) is 0 Å². The maximum absolute atomic E-state index is 10.7. The molecule has 0 aliphatic heterocycles. The van der Waals surface area contributed by atoms with Crippen molar-refractivity contribution < 1.29 is 14.8 Å². The second kappa shape index (κ2) is 7.09. The van der Waals surface area contributed by atoms with Gasteiger partial charge in [0, 0.05) is 25.1 Å². The molecule has 7 nitrogen and oxygen atoms in total. The fourth-order valence-corrected chi connectivity index (χ4v) is 1.75. The topological polar surface area (TPSA) is 116 Å². The molecular formula is C13H15N3O4. The third-order valence-corrected chi connectivity index (χ3v) is 2.96. The first kappa shape index (κ1) is 15.4. The van der Waals surface area contributed by atoms with Gasteiger partial charge in [-0.2, -0.15) is 5.26 Å². The van der Waals surface area contributed by atoms with Crippen molar-refractivity contribution in [3.8, 4) is 6.07 Å². The maximum Gasteiger partial charge on any atom is 0.303 e. The lowest BCUT2D eigenvalue weighted by molar-refractivity contribution is -0.384. The second-order valence-electron chi connectivity index (χ2n) is 4.35. The van der Waals surface area contributed by atoms with Crippen LogP contribution in [-0.2, 0) is 4.79 Å². The van der Waals surface area contributed by atoms with Crippen LogP contribution in [0.1, 0.15) is 25.3 Å². The Balaban J connectivity index is 2.80. The smallest absolute Gasteiger partial charge is 0.303 e. The molecule has 106 valence electrons. The number of nitro benzene ring substituents is 1. The summed E-state index contributed by atoms with van der Waals surface area (Å²) in [5, 5.41) is 31.3. The number of carboxylic acid groups (broad SMARTS) is 1. The van der Waals surface area contributed by atoms with Gasteiger partial charge in [-0.05, 0) is 12.0 Å². The van der Waals surface area contributed by atoms with Gasteiger partial charge in [0.15, 0.2) is 0 Å². The highest BCUT2D eigenvalue weighted by molar-refractivity contribution is 5.67. The Kier molecular flexibility index (Phi) is 5.47. The zero-order valence-corrected chi connectivity index (χ0v) is 11.0. The standard InChI is InChI=1S/C13H15N3O4/c1-2-9(5-13(17)18)8-15-12-4-3-11(16(19)20)6-10(12)7-14/h3-4,6,9,15H,2,5,8H2,1H3,(H,17,18). The van der Waals surface area contributed by atoms with Gasteiger partial charge in [-0.25, -0.2) is 0 Å². The molecule has 1 rings (SSSR count). The van der Waals surface area contributed by atoms with Crippen molar-refractivity contribution in [1.82, 2.24) is 0 Å². The van der Waals surface area contributed by atoms with Crippen molar-refractivity contribution in [1.29, 1.82) is 5.26 Å². The van der Waals surface area contributed by atoms with Crippen LogP contribution in [0.3, 0.4) is 0 Å². The predicted molar refractivity (Wildman–Crippen MR) is 72.3 cm³/mol. The molecule has 1 aromatic rings. The molecule has 1 unspecified atom stereocenters. The Morgan fingerprint density at radius 2 is 2.30 bits per heavy atom. The summed E-state index contributed by atoms with van der Waals surface area (Å²) in [5.41, 5.74) is 0.496. The summed E-state index contributed by atoms with van der Waals surface area (Å²) in [6, 6.07) is 5.85. The lowest BCUT2D eigenvalue weighted by atomic mass is 10.0. The number of nitriles is 1. The van der Waals surface area contributed by atoms with E-state index in [4.69, 9.17) is 10.4 Å². The summed E-state index contributed by atoms with van der Waals surface area (Å²) in [6.45, 7) is 2.28. The number of hydrogen-bond donors (Lipinski definition) is 2. The average Bonchev–Trinajstić information content (AvgIpc) is 2.42. The van der Waals surface area contributed by atoms with Gasteiger partial charge >= 0.3 is 5.97 Å². The Morgan fingerprint density at radius 1 is 1.60 bits per heavy atom. The van der Waals surface area contributed by atoms with Crippen molar-refractivity contribution in [3.05, 3.63) is 33.9 Å². The fourth-order valence-electron chi connectivity index (χ4n) is 1.75. The highest BCUT2D eigenvalue weighted by Crippen LogP contribution is 2.22. The molecule has 0 aliphatic rings. The molecule has 0 amide bonds. The number of nitro groups is 1. The van der Waals surface area contributed by atoms with Gasteiger partial charge in [0.2, 0.25) is 0 Å². The van der Waals surface area contributed by atoms with Crippen molar-refractivity contribution >= 4 is 17.3 Å². The maximum atomic E-state index is 10.7. The van der Waals surface area contributed by atoms with Crippen LogP contribution in [0.15, 0.2) is 18.2 Å². The number of nitrogens with one attached hydrogen (secondary N) is 1. The first-order chi connectivity index (χ1) is 9.47. The molecule has 0 aromatic heterocycles. The summed E-state index contributed by atoms with van der Waals surface area (Å²) >= 11 is 0. The summed E-state index contributed by atoms with van der Waals surface area (Å²) in [7, 11) is 0. The van der Waals surface area contributed by atoms with Crippen molar-refractivity contribution in [2.45, 2.75) is 19.8 Å². The fraction of sp³-hybridized carbons (Fsp3) is 0.385. The third-order valence-electron chi connectivity index (χ3n) is 2.96. The molecule has 0 fully saturated rings. The van der Waals surface area contributed by atoms with Gasteiger partial charge in [0.05, 0.1) is 16.2 Å². The average molecular weight is 277 g/mol. The summed E-state index contributed by atoms with van der Waals surface area (Å²) in [5.74, 6) is -0.933. The molecule has 2 N–H and O–H groups in total. The number of aliphatic carboxylic acids is 1. The molecule has 0 radical (unpaired) electrons. The molecule has 0 aliphatic carbocycles. The van der Waals surface area contributed by atoms with E-state index in [2.05, 4.69) is 5.32 Å². The third kappa shape index (κ3) is 4.24. The second-order valence-corrected chi connectivity index (χ2v) is 4.35. The minimum absolute atomic E-state index is 0.0400. The SMILES string of the molecule is CCC(CNc1ccc([N+](=O)[O-])cc1C#N)CC(=O)O. The van der Waals surface area contributed by atoms with E-state index >= 15 is 0 Å². The van der Waals surface area contributed by atoms with E-state index in [1.165, 1.54) is 18.2 Å². The number of nitrogens with zero attached hydrogens (tertiary/aromatic N) is 2. The van der Waals surface area contributed by atoms with Gasteiger partial charge in [0.1, 0.15) is 6.07 Å². The highest BCUT2D eigenvalue weighted by atomic mass is 16.6. The normalized spacial score (nSPS) is 11.4. The number of carboxylic acids is 1. The molecule has 0 saturated carbocycles. The number of non-ortho nitro benzene ring substituents is 1. The first-order valence-electron chi connectivity index (χ1n) is 6.12. The van der Waals surface area contributed by atoms with Crippen molar-refractivity contribution in [2.75, 3.05) is 11.9 Å². The van der Waals surface area contributed by atoms with Gasteiger partial charge in [-0.1, -0.05) is 13.3 Å². The number of hydrogen-bond acceptors (Lipinski definition) is 5. The van der Waals surface area contributed by atoms with Gasteiger partial charge < -0.3 is 10.4 Å². The van der Waals surface area contributed by atoms with Crippen LogP contribution >= 0.6 is 0 Å². The van der Waals surface area contributed by atoms with E-state index in [1.807, 2.05) is 13.0 Å². The van der Waals surface area contributed by atoms with Crippen LogP contribution in [0.2, 0.25) is 0 Å². The molecule has 0 saturated heterocycles. The Hall–Kier alpha value is -2.62. The largest absolute Gasteiger partial charge is 0.481 e. The van der Waals surface area contributed by atoms with E-state index in [-0.39, 0.29) is 23.6 Å². The number of rotatable bonds is 7. The van der Waals surface area contributed by atoms with E-state index < -0.39 is 10.9 Å². The van der Waals surface area contributed by atoms with Crippen LogP contribution in [0.5, 0.6) is 0 Å². The quantitative estimate of drug-likeness (QED) is 0.583. The van der Waals surface area contributed by atoms with E-state index in [9.17, 15) is 14.9 Å². The van der Waals surface area contributed by atoms with E-state index in [0.717, 1.165) is 0 Å². The monoisotopic (exact) mass is 277 g/mol. The van der Waals surface area contributed by atoms with Gasteiger partial charge in [0.25, 0.3) is 5.69 Å². The van der Waals surface area contributed by atoms with Crippen LogP contribution in [0, 0.1) is 27.4 Å². The van der Waals surface area contributed by atoms with Gasteiger partial charge in [-0.15, -0.1) is 0 Å². The van der Waals surface area contributed by atoms with Gasteiger partial charge in [-0.3, -0.25) is 14.9 Å². The van der Waals surface area contributed by atoms with E-state index in [0.29, 0.717) is 18.7 Å². The highest BCUT2D eigenvalue weighted by Gasteiger charge is 2.14.